The lowest BCUT2D eigenvalue weighted by atomic mass is 10.0. The molecule has 180 valence electrons. The number of amides is 1. The van der Waals surface area contributed by atoms with Gasteiger partial charge in [0.1, 0.15) is 10.8 Å². The van der Waals surface area contributed by atoms with Gasteiger partial charge in [-0.05, 0) is 43.0 Å². The lowest BCUT2D eigenvalue weighted by Gasteiger charge is -2.38. The molecule has 7 heteroatoms. The highest BCUT2D eigenvalue weighted by Gasteiger charge is 2.28. The zero-order valence-corrected chi connectivity index (χ0v) is 21.4. The predicted molar refractivity (Wildman–Crippen MR) is 138 cm³/mol. The Morgan fingerprint density at radius 1 is 1.12 bits per heavy atom. The first-order chi connectivity index (χ1) is 16.5. The predicted octanol–water partition coefficient (Wildman–Crippen LogP) is 5.43. The summed E-state index contributed by atoms with van der Waals surface area (Å²) < 4.78 is 5.26. The van der Waals surface area contributed by atoms with Crippen molar-refractivity contribution in [1.82, 2.24) is 14.8 Å². The largest absolute Gasteiger partial charge is 0.497 e. The van der Waals surface area contributed by atoms with E-state index >= 15 is 0 Å². The van der Waals surface area contributed by atoms with Crippen LogP contribution in [0.3, 0.4) is 0 Å². The van der Waals surface area contributed by atoms with Gasteiger partial charge in [-0.1, -0.05) is 42.0 Å². The second kappa shape index (κ2) is 11.8. The summed E-state index contributed by atoms with van der Waals surface area (Å²) >= 11 is 7.58. The second-order valence-corrected chi connectivity index (χ2v) is 10.1. The molecule has 4 rings (SSSR count). The van der Waals surface area contributed by atoms with E-state index in [1.54, 1.807) is 18.4 Å². The highest BCUT2D eigenvalue weighted by Crippen LogP contribution is 2.23. The summed E-state index contributed by atoms with van der Waals surface area (Å²) in [5, 5.41) is 3.15. The normalized spacial score (nSPS) is 14.8. The van der Waals surface area contributed by atoms with Crippen LogP contribution in [-0.2, 0) is 30.2 Å². The van der Waals surface area contributed by atoms with Gasteiger partial charge in [0.2, 0.25) is 5.91 Å². The molecular formula is C27H32ClN3O2S. The number of halogens is 1. The maximum Gasteiger partial charge on any atom is 0.227 e. The van der Waals surface area contributed by atoms with Crippen LogP contribution in [0.1, 0.15) is 40.2 Å². The van der Waals surface area contributed by atoms with Gasteiger partial charge in [0.15, 0.2) is 0 Å². The molecule has 1 aromatic heterocycles. The Hall–Kier alpha value is -2.41. The summed E-state index contributed by atoms with van der Waals surface area (Å²) in [5.41, 5.74) is 4.36. The lowest BCUT2D eigenvalue weighted by Crippen LogP contribution is -2.47. The monoisotopic (exact) mass is 497 g/mol. The molecule has 0 unspecified atom stereocenters. The van der Waals surface area contributed by atoms with Gasteiger partial charge in [-0.2, -0.15) is 0 Å². The van der Waals surface area contributed by atoms with Crippen molar-refractivity contribution in [1.29, 1.82) is 0 Å². The second-order valence-electron chi connectivity index (χ2n) is 8.91. The number of piperidine rings is 1. The third-order valence-corrected chi connectivity index (χ3v) is 7.56. The van der Waals surface area contributed by atoms with E-state index in [0.717, 1.165) is 54.5 Å². The summed E-state index contributed by atoms with van der Waals surface area (Å²) in [5.74, 6) is 1.44. The number of hydrogen-bond donors (Lipinski definition) is 0. The SMILES string of the molecule is COc1ccc(CC(=O)N(Cc2ccc(C)cc2)C2CCN(Cc3nc(CCl)cs3)CC2)cc1. The molecule has 2 heterocycles. The summed E-state index contributed by atoms with van der Waals surface area (Å²) in [6.45, 7) is 5.50. The minimum atomic E-state index is 0.177. The van der Waals surface area contributed by atoms with Gasteiger partial charge in [0.05, 0.1) is 31.6 Å². The van der Waals surface area contributed by atoms with E-state index in [9.17, 15) is 4.79 Å². The minimum Gasteiger partial charge on any atom is -0.497 e. The van der Waals surface area contributed by atoms with Gasteiger partial charge in [-0.15, -0.1) is 22.9 Å². The molecule has 0 saturated carbocycles. The Morgan fingerprint density at radius 3 is 2.41 bits per heavy atom. The standard InChI is InChI=1S/C27H32ClN3O2S/c1-20-3-5-22(6-4-20)17-31(27(32)15-21-7-9-25(33-2)10-8-21)24-11-13-30(14-12-24)18-26-29-23(16-28)19-34-26/h3-10,19,24H,11-18H2,1-2H3. The molecule has 0 aliphatic carbocycles. The molecule has 5 nitrogen and oxygen atoms in total. The first kappa shape index (κ1) is 24.7. The van der Waals surface area contributed by atoms with Crippen LogP contribution in [0.25, 0.3) is 0 Å². The van der Waals surface area contributed by atoms with Gasteiger partial charge in [0, 0.05) is 31.1 Å². The molecule has 0 spiro atoms. The van der Waals surface area contributed by atoms with E-state index in [-0.39, 0.29) is 11.9 Å². The van der Waals surface area contributed by atoms with Gasteiger partial charge in [-0.3, -0.25) is 9.69 Å². The van der Waals surface area contributed by atoms with E-state index in [2.05, 4.69) is 46.0 Å². The zero-order chi connectivity index (χ0) is 23.9. The molecule has 0 radical (unpaired) electrons. The topological polar surface area (TPSA) is 45.7 Å². The van der Waals surface area contributed by atoms with Gasteiger partial charge >= 0.3 is 0 Å². The van der Waals surface area contributed by atoms with Crippen molar-refractivity contribution in [2.45, 2.75) is 51.2 Å². The highest BCUT2D eigenvalue weighted by molar-refractivity contribution is 7.09. The molecule has 3 aromatic rings. The molecule has 0 N–H and O–H groups in total. The Morgan fingerprint density at radius 2 is 1.79 bits per heavy atom. The number of rotatable bonds is 9. The van der Waals surface area contributed by atoms with Crippen LogP contribution in [0.2, 0.25) is 0 Å². The number of likely N-dealkylation sites (tertiary alicyclic amines) is 1. The molecule has 1 fully saturated rings. The number of methoxy groups -OCH3 is 1. The van der Waals surface area contributed by atoms with E-state index in [1.165, 1.54) is 11.1 Å². The summed E-state index contributed by atoms with van der Waals surface area (Å²) in [6.07, 6.45) is 2.33. The van der Waals surface area contributed by atoms with Crippen molar-refractivity contribution in [3.05, 3.63) is 81.3 Å². The van der Waals surface area contributed by atoms with Crippen molar-refractivity contribution in [2.24, 2.45) is 0 Å². The lowest BCUT2D eigenvalue weighted by molar-refractivity contribution is -0.134. The Labute approximate surface area is 211 Å². The van der Waals surface area contributed by atoms with E-state index < -0.39 is 0 Å². The Bertz CT molecular complexity index is 1060. The van der Waals surface area contributed by atoms with Crippen LogP contribution in [0, 0.1) is 6.92 Å². The summed E-state index contributed by atoms with van der Waals surface area (Å²) in [4.78, 5) is 22.6. The fourth-order valence-corrected chi connectivity index (χ4v) is 5.46. The number of thiazole rings is 1. The number of nitrogens with zero attached hydrogens (tertiary/aromatic N) is 3. The molecule has 0 atom stereocenters. The molecule has 1 aliphatic rings. The minimum absolute atomic E-state index is 0.177. The number of carbonyl (C=O) groups excluding carboxylic acids is 1. The van der Waals surface area contributed by atoms with E-state index in [0.29, 0.717) is 18.8 Å². The molecule has 1 saturated heterocycles. The van der Waals surface area contributed by atoms with Crippen LogP contribution >= 0.6 is 22.9 Å². The fraction of sp³-hybridized carbons (Fsp3) is 0.407. The van der Waals surface area contributed by atoms with Crippen molar-refractivity contribution >= 4 is 28.8 Å². The quantitative estimate of drug-likeness (QED) is 0.369. The van der Waals surface area contributed by atoms with Gasteiger partial charge in [-0.25, -0.2) is 4.98 Å². The molecule has 34 heavy (non-hydrogen) atoms. The summed E-state index contributed by atoms with van der Waals surface area (Å²) in [6, 6.07) is 16.5. The molecular weight excluding hydrogens is 466 g/mol. The number of ether oxygens (including phenoxy) is 1. The third-order valence-electron chi connectivity index (χ3n) is 6.40. The van der Waals surface area contributed by atoms with Gasteiger partial charge < -0.3 is 9.64 Å². The first-order valence-electron chi connectivity index (χ1n) is 11.7. The average molecular weight is 498 g/mol. The number of benzene rings is 2. The van der Waals surface area contributed by atoms with Crippen LogP contribution in [0.4, 0.5) is 0 Å². The van der Waals surface area contributed by atoms with E-state index in [4.69, 9.17) is 16.3 Å². The number of alkyl halides is 1. The highest BCUT2D eigenvalue weighted by atomic mass is 35.5. The fourth-order valence-electron chi connectivity index (χ4n) is 4.39. The van der Waals surface area contributed by atoms with Crippen LogP contribution < -0.4 is 4.74 Å². The number of aryl methyl sites for hydroxylation is 1. The van der Waals surface area contributed by atoms with Crippen molar-refractivity contribution in [3.63, 3.8) is 0 Å². The zero-order valence-electron chi connectivity index (χ0n) is 19.9. The van der Waals surface area contributed by atoms with Gasteiger partial charge in [0.25, 0.3) is 0 Å². The van der Waals surface area contributed by atoms with Crippen molar-refractivity contribution in [3.8, 4) is 5.75 Å². The van der Waals surface area contributed by atoms with Crippen LogP contribution in [-0.4, -0.2) is 46.9 Å². The molecule has 1 aliphatic heterocycles. The Kier molecular flexibility index (Phi) is 8.59. The smallest absolute Gasteiger partial charge is 0.227 e. The molecule has 1 amide bonds. The van der Waals surface area contributed by atoms with Crippen LogP contribution in [0.15, 0.2) is 53.9 Å². The molecule has 0 bridgehead atoms. The molecule has 2 aromatic carbocycles. The first-order valence-corrected chi connectivity index (χ1v) is 13.1. The maximum atomic E-state index is 13.5. The average Bonchev–Trinajstić information content (AvgIpc) is 3.32. The Balaban J connectivity index is 1.42. The number of aromatic nitrogens is 1. The third kappa shape index (κ3) is 6.59. The maximum absolute atomic E-state index is 13.5. The van der Waals surface area contributed by atoms with E-state index in [1.807, 2.05) is 29.6 Å². The van der Waals surface area contributed by atoms with Crippen molar-refractivity contribution in [2.75, 3.05) is 20.2 Å². The van der Waals surface area contributed by atoms with Crippen LogP contribution in [0.5, 0.6) is 5.75 Å². The summed E-state index contributed by atoms with van der Waals surface area (Å²) in [7, 11) is 1.65. The van der Waals surface area contributed by atoms with Crippen molar-refractivity contribution < 1.29 is 9.53 Å². The number of carbonyl (C=O) groups is 1. The number of hydrogen-bond acceptors (Lipinski definition) is 5.